The second-order valence-electron chi connectivity index (χ2n) is 10.1. The predicted octanol–water partition coefficient (Wildman–Crippen LogP) is 6.10. The minimum atomic E-state index is -0.384. The van der Waals surface area contributed by atoms with E-state index in [1.165, 1.54) is 11.6 Å². The van der Waals surface area contributed by atoms with Crippen LogP contribution < -0.4 is 4.74 Å². The molecule has 0 aliphatic carbocycles. The first-order valence-electron chi connectivity index (χ1n) is 13.3. The number of fused-ring (bicyclic) bond motifs is 1. The third kappa shape index (κ3) is 6.04. The number of imidazole rings is 1. The Kier molecular flexibility index (Phi) is 7.82. The molecule has 40 heavy (non-hydrogen) atoms. The summed E-state index contributed by atoms with van der Waals surface area (Å²) in [6.07, 6.45) is 5.99. The molecule has 9 heteroatoms. The third-order valence-electron chi connectivity index (χ3n) is 7.34. The topological polar surface area (TPSA) is 65.8 Å². The van der Waals surface area contributed by atoms with Gasteiger partial charge in [-0.15, -0.1) is 0 Å². The number of aromatic nitrogens is 2. The van der Waals surface area contributed by atoms with Gasteiger partial charge in [-0.2, -0.15) is 0 Å². The van der Waals surface area contributed by atoms with Crippen molar-refractivity contribution in [1.82, 2.24) is 14.5 Å². The van der Waals surface area contributed by atoms with E-state index in [1.54, 1.807) is 24.5 Å². The van der Waals surface area contributed by atoms with Crippen LogP contribution >= 0.6 is 11.6 Å². The summed E-state index contributed by atoms with van der Waals surface area (Å²) in [6.45, 7) is 3.29. The summed E-state index contributed by atoms with van der Waals surface area (Å²) in [5.74, 6) is -0.0698. The Morgan fingerprint density at radius 3 is 2.83 bits per heavy atom. The maximum Gasteiger partial charge on any atom is 0.339 e. The van der Waals surface area contributed by atoms with Gasteiger partial charge in [-0.1, -0.05) is 35.9 Å². The van der Waals surface area contributed by atoms with Crippen LogP contribution in [0.5, 0.6) is 5.75 Å². The van der Waals surface area contributed by atoms with Crippen molar-refractivity contribution in [1.29, 1.82) is 0 Å². The summed E-state index contributed by atoms with van der Waals surface area (Å²) in [6, 6.07) is 17.8. The number of ether oxygens (including phenoxy) is 3. The van der Waals surface area contributed by atoms with E-state index in [4.69, 9.17) is 25.8 Å². The van der Waals surface area contributed by atoms with E-state index in [0.717, 1.165) is 49.1 Å². The number of carbonyl (C=O) groups excluding carboxylic acids is 1. The molecule has 0 amide bonds. The number of nitrogens with zero attached hydrogens (tertiary/aromatic N) is 3. The monoisotopic (exact) mass is 561 g/mol. The van der Waals surface area contributed by atoms with Gasteiger partial charge in [0.1, 0.15) is 24.9 Å². The molecule has 2 aliphatic rings. The number of halogens is 2. The van der Waals surface area contributed by atoms with Crippen molar-refractivity contribution < 1.29 is 23.4 Å². The highest BCUT2D eigenvalue weighted by Crippen LogP contribution is 2.27. The number of benzene rings is 3. The summed E-state index contributed by atoms with van der Waals surface area (Å²) in [4.78, 5) is 19.3. The summed E-state index contributed by atoms with van der Waals surface area (Å²) in [5.41, 5.74) is 4.96. The van der Waals surface area contributed by atoms with Crippen LogP contribution in [0.2, 0.25) is 5.02 Å². The minimum Gasteiger partial charge on any atom is -0.489 e. The van der Waals surface area contributed by atoms with Crippen LogP contribution in [-0.2, 0) is 22.6 Å². The highest BCUT2D eigenvalue weighted by atomic mass is 35.5. The molecule has 4 aromatic rings. The van der Waals surface area contributed by atoms with Crippen molar-refractivity contribution in [2.45, 2.75) is 32.1 Å². The van der Waals surface area contributed by atoms with Crippen molar-refractivity contribution in [3.05, 3.63) is 101 Å². The fourth-order valence-electron chi connectivity index (χ4n) is 4.89. The van der Waals surface area contributed by atoms with Crippen molar-refractivity contribution in [3.63, 3.8) is 0 Å². The largest absolute Gasteiger partial charge is 0.489 e. The Morgan fingerprint density at radius 1 is 1.15 bits per heavy atom. The molecule has 1 aromatic heterocycles. The molecule has 2 aliphatic heterocycles. The Bertz CT molecular complexity index is 1570. The van der Waals surface area contributed by atoms with Crippen molar-refractivity contribution in [2.75, 3.05) is 26.4 Å². The lowest BCUT2D eigenvalue weighted by atomic mass is 9.99. The van der Waals surface area contributed by atoms with E-state index in [-0.39, 0.29) is 31.2 Å². The Labute approximate surface area is 236 Å². The smallest absolute Gasteiger partial charge is 0.339 e. The van der Waals surface area contributed by atoms with Crippen molar-refractivity contribution >= 4 is 34.2 Å². The lowest BCUT2D eigenvalue weighted by molar-refractivity contribution is -0.0586. The summed E-state index contributed by atoms with van der Waals surface area (Å²) >= 11 is 5.83. The lowest BCUT2D eigenvalue weighted by Crippen LogP contribution is -2.32. The fraction of sp³-hybridized carbons (Fsp3) is 0.290. The van der Waals surface area contributed by atoms with E-state index in [2.05, 4.69) is 16.0 Å². The van der Waals surface area contributed by atoms with Gasteiger partial charge in [0.2, 0.25) is 0 Å². The van der Waals surface area contributed by atoms with Gasteiger partial charge in [0.15, 0.2) is 0 Å². The second kappa shape index (κ2) is 11.8. The molecule has 1 saturated heterocycles. The standard InChI is InChI=1S/C31H29ClFN3O4/c32-25-6-4-24(28(33)16-25)18-39-26-3-1-2-22(14-26)21-8-11-35(12-9-21)20-40-31(37)23-5-7-29-30(15-23)36(19-34-29)17-27-10-13-38-27/h1-8,14-16,19,27H,9-13,17-18,20H2. The Balaban J connectivity index is 1.03. The van der Waals surface area contributed by atoms with Gasteiger partial charge in [-0.25, -0.2) is 14.2 Å². The molecule has 3 aromatic carbocycles. The number of esters is 1. The third-order valence-corrected chi connectivity index (χ3v) is 7.57. The van der Waals surface area contributed by atoms with Gasteiger partial charge in [0.25, 0.3) is 0 Å². The molecule has 3 heterocycles. The first kappa shape index (κ1) is 26.5. The summed E-state index contributed by atoms with van der Waals surface area (Å²) in [7, 11) is 0. The summed E-state index contributed by atoms with van der Waals surface area (Å²) < 4.78 is 33.1. The first-order chi connectivity index (χ1) is 19.5. The summed E-state index contributed by atoms with van der Waals surface area (Å²) in [5, 5.41) is 0.358. The number of hydrogen-bond acceptors (Lipinski definition) is 6. The molecule has 7 nitrogen and oxygen atoms in total. The van der Waals surface area contributed by atoms with Crippen LogP contribution in [0.3, 0.4) is 0 Å². The Hall–Kier alpha value is -3.72. The number of carbonyl (C=O) groups is 1. The van der Waals surface area contributed by atoms with Crippen LogP contribution in [0.4, 0.5) is 4.39 Å². The van der Waals surface area contributed by atoms with Gasteiger partial charge in [0, 0.05) is 30.3 Å². The highest BCUT2D eigenvalue weighted by molar-refractivity contribution is 6.30. The molecule has 0 spiro atoms. The average Bonchev–Trinajstić information content (AvgIpc) is 3.35. The maximum absolute atomic E-state index is 14.1. The van der Waals surface area contributed by atoms with Gasteiger partial charge in [0.05, 0.1) is 35.6 Å². The minimum absolute atomic E-state index is 0.120. The molecule has 1 fully saturated rings. The fourth-order valence-corrected chi connectivity index (χ4v) is 5.05. The SMILES string of the molecule is O=C(OCN1CC=C(c2cccc(OCc3ccc(Cl)cc3F)c2)CC1)c1ccc2ncn(CC3CCO3)c2c1. The van der Waals surface area contributed by atoms with Crippen LogP contribution in [-0.4, -0.2) is 53.0 Å². The van der Waals surface area contributed by atoms with E-state index in [0.29, 0.717) is 28.4 Å². The van der Waals surface area contributed by atoms with Crippen LogP contribution in [0.15, 0.2) is 73.1 Å². The lowest BCUT2D eigenvalue weighted by Gasteiger charge is -2.26. The van der Waals surface area contributed by atoms with Crippen LogP contribution in [0, 0.1) is 5.82 Å². The van der Waals surface area contributed by atoms with Crippen LogP contribution in [0.1, 0.15) is 34.3 Å². The van der Waals surface area contributed by atoms with Gasteiger partial charge >= 0.3 is 5.97 Å². The van der Waals surface area contributed by atoms with Crippen LogP contribution in [0.25, 0.3) is 16.6 Å². The second-order valence-corrected chi connectivity index (χ2v) is 10.5. The van der Waals surface area contributed by atoms with E-state index in [9.17, 15) is 9.18 Å². The Morgan fingerprint density at radius 2 is 2.05 bits per heavy atom. The average molecular weight is 562 g/mol. The van der Waals surface area contributed by atoms with Crippen molar-refractivity contribution in [3.8, 4) is 5.75 Å². The zero-order valence-electron chi connectivity index (χ0n) is 21.9. The van der Waals surface area contributed by atoms with Gasteiger partial charge < -0.3 is 18.8 Å². The first-order valence-corrected chi connectivity index (χ1v) is 13.7. The molecule has 1 atom stereocenters. The number of rotatable bonds is 9. The molecule has 0 saturated carbocycles. The predicted molar refractivity (Wildman–Crippen MR) is 151 cm³/mol. The normalized spacial score (nSPS) is 17.4. The van der Waals surface area contributed by atoms with E-state index >= 15 is 0 Å². The molecule has 6 rings (SSSR count). The maximum atomic E-state index is 14.1. The zero-order chi connectivity index (χ0) is 27.5. The molecule has 0 bridgehead atoms. The molecule has 206 valence electrons. The van der Waals surface area contributed by atoms with Gasteiger partial charge in [-0.05, 0) is 66.4 Å². The molecule has 0 radical (unpaired) electrons. The molecular weight excluding hydrogens is 533 g/mol. The number of hydrogen-bond donors (Lipinski definition) is 0. The zero-order valence-corrected chi connectivity index (χ0v) is 22.6. The molecule has 0 N–H and O–H groups in total. The highest BCUT2D eigenvalue weighted by Gasteiger charge is 2.20. The molecular formula is C31H29ClFN3O4. The molecule has 1 unspecified atom stereocenters. The van der Waals surface area contributed by atoms with E-state index in [1.807, 2.05) is 41.0 Å². The van der Waals surface area contributed by atoms with E-state index < -0.39 is 0 Å². The van der Waals surface area contributed by atoms with Gasteiger partial charge in [-0.3, -0.25) is 4.90 Å². The quantitative estimate of drug-likeness (QED) is 0.230. The van der Waals surface area contributed by atoms with Crippen molar-refractivity contribution in [2.24, 2.45) is 0 Å².